The quantitative estimate of drug-likeness (QED) is 0.361. The zero-order valence-corrected chi connectivity index (χ0v) is 15.8. The maximum atomic E-state index is 11.7. The van der Waals surface area contributed by atoms with Crippen molar-refractivity contribution in [2.75, 3.05) is 59.5 Å². The molecule has 1 heterocycles. The molecule has 2 rings (SSSR count). The minimum atomic E-state index is -0.341. The molecule has 1 aromatic rings. The van der Waals surface area contributed by atoms with E-state index in [0.29, 0.717) is 51.8 Å². The minimum absolute atomic E-state index is 0.0669. The fourth-order valence-corrected chi connectivity index (χ4v) is 2.47. The van der Waals surface area contributed by atoms with Crippen molar-refractivity contribution in [3.8, 4) is 0 Å². The molecule has 0 bridgehead atoms. The molecule has 1 unspecified atom stereocenters. The van der Waals surface area contributed by atoms with Gasteiger partial charge in [0.15, 0.2) is 6.29 Å². The van der Waals surface area contributed by atoms with E-state index in [1.165, 1.54) is 0 Å². The lowest BCUT2D eigenvalue weighted by Crippen LogP contribution is -2.24. The lowest BCUT2D eigenvalue weighted by Gasteiger charge is -2.22. The molecule has 1 atom stereocenters. The van der Waals surface area contributed by atoms with E-state index in [1.807, 2.05) is 6.07 Å². The second kappa shape index (κ2) is 14.5. The van der Waals surface area contributed by atoms with Gasteiger partial charge < -0.3 is 28.4 Å². The van der Waals surface area contributed by atoms with Crippen LogP contribution in [-0.2, 0) is 28.4 Å². The third-order valence-electron chi connectivity index (χ3n) is 3.88. The van der Waals surface area contributed by atoms with E-state index >= 15 is 0 Å². The Morgan fingerprint density at radius 2 is 1.48 bits per heavy atom. The lowest BCUT2D eigenvalue weighted by molar-refractivity contribution is -0.169. The van der Waals surface area contributed by atoms with E-state index in [-0.39, 0.29) is 18.9 Å². The number of carbonyl (C=O) groups is 1. The Bertz CT molecular complexity index is 488. The molecule has 1 aromatic carbocycles. The van der Waals surface area contributed by atoms with Crippen LogP contribution in [0, 0.1) is 0 Å². The Balaban J connectivity index is 1.29. The number of esters is 1. The molecule has 0 aliphatic carbocycles. The molecule has 0 aromatic heterocycles. The van der Waals surface area contributed by atoms with Crippen LogP contribution in [-0.4, -0.2) is 71.7 Å². The molecule has 1 aliphatic rings. The monoisotopic (exact) mass is 382 g/mol. The number of hydrogen-bond donors (Lipinski definition) is 0. The molecule has 0 spiro atoms. The van der Waals surface area contributed by atoms with Crippen LogP contribution in [0.15, 0.2) is 30.3 Å². The highest BCUT2D eigenvalue weighted by atomic mass is 16.7. The van der Waals surface area contributed by atoms with E-state index in [9.17, 15) is 4.79 Å². The largest absolute Gasteiger partial charge is 0.460 e. The maximum Gasteiger partial charge on any atom is 0.338 e. The Labute approximate surface area is 160 Å². The maximum absolute atomic E-state index is 11.7. The molecule has 0 radical (unpaired) electrons. The zero-order chi connectivity index (χ0) is 19.0. The Kier molecular flexibility index (Phi) is 11.7. The van der Waals surface area contributed by atoms with Crippen molar-refractivity contribution in [1.29, 1.82) is 0 Å². The molecule has 1 fully saturated rings. The Morgan fingerprint density at radius 1 is 0.852 bits per heavy atom. The van der Waals surface area contributed by atoms with Crippen molar-refractivity contribution >= 4 is 5.97 Å². The van der Waals surface area contributed by atoms with Gasteiger partial charge in [-0.1, -0.05) is 18.2 Å². The fourth-order valence-electron chi connectivity index (χ4n) is 2.47. The molecule has 0 saturated carbocycles. The predicted molar refractivity (Wildman–Crippen MR) is 98.7 cm³/mol. The summed E-state index contributed by atoms with van der Waals surface area (Å²) in [6, 6.07) is 8.88. The van der Waals surface area contributed by atoms with Crippen LogP contribution < -0.4 is 0 Å². The highest BCUT2D eigenvalue weighted by molar-refractivity contribution is 5.89. The second-order valence-corrected chi connectivity index (χ2v) is 6.01. The third kappa shape index (κ3) is 10.4. The first-order valence-corrected chi connectivity index (χ1v) is 9.55. The summed E-state index contributed by atoms with van der Waals surface area (Å²) in [7, 11) is 0. The van der Waals surface area contributed by atoms with Gasteiger partial charge in [0.25, 0.3) is 0 Å². The van der Waals surface area contributed by atoms with Gasteiger partial charge in [-0.05, 0) is 31.4 Å². The van der Waals surface area contributed by atoms with Gasteiger partial charge in [0, 0.05) is 6.61 Å². The predicted octanol–water partition coefficient (Wildman–Crippen LogP) is 2.44. The summed E-state index contributed by atoms with van der Waals surface area (Å²) in [6.45, 7) is 4.38. The topological polar surface area (TPSA) is 72.5 Å². The summed E-state index contributed by atoms with van der Waals surface area (Å²) in [5.41, 5.74) is 0.539. The summed E-state index contributed by atoms with van der Waals surface area (Å²) < 4.78 is 32.3. The number of carbonyl (C=O) groups excluding carboxylic acids is 1. The average molecular weight is 382 g/mol. The lowest BCUT2D eigenvalue weighted by atomic mass is 10.2. The molecular formula is C20H30O7. The van der Waals surface area contributed by atoms with Crippen LogP contribution >= 0.6 is 0 Å². The van der Waals surface area contributed by atoms with E-state index in [1.54, 1.807) is 24.3 Å². The van der Waals surface area contributed by atoms with Gasteiger partial charge in [-0.25, -0.2) is 4.79 Å². The number of rotatable bonds is 14. The van der Waals surface area contributed by atoms with Gasteiger partial charge in [0.1, 0.15) is 6.61 Å². The molecule has 0 amide bonds. The van der Waals surface area contributed by atoms with Gasteiger partial charge >= 0.3 is 5.97 Å². The summed E-state index contributed by atoms with van der Waals surface area (Å²) in [5.74, 6) is -0.341. The molecular weight excluding hydrogens is 352 g/mol. The van der Waals surface area contributed by atoms with Gasteiger partial charge in [0.2, 0.25) is 0 Å². The highest BCUT2D eigenvalue weighted by Crippen LogP contribution is 2.13. The van der Waals surface area contributed by atoms with Crippen molar-refractivity contribution in [3.63, 3.8) is 0 Å². The number of ether oxygens (including phenoxy) is 6. The molecule has 1 saturated heterocycles. The Morgan fingerprint density at radius 3 is 2.11 bits per heavy atom. The van der Waals surface area contributed by atoms with Gasteiger partial charge in [-0.15, -0.1) is 0 Å². The van der Waals surface area contributed by atoms with Gasteiger partial charge in [0.05, 0.1) is 51.8 Å². The summed E-state index contributed by atoms with van der Waals surface area (Å²) in [6.07, 6.45) is 3.18. The molecule has 0 N–H and O–H groups in total. The van der Waals surface area contributed by atoms with Crippen LogP contribution in [0.25, 0.3) is 0 Å². The zero-order valence-electron chi connectivity index (χ0n) is 15.8. The first kappa shape index (κ1) is 21.8. The van der Waals surface area contributed by atoms with Crippen LogP contribution in [0.2, 0.25) is 0 Å². The molecule has 1 aliphatic heterocycles. The van der Waals surface area contributed by atoms with E-state index in [2.05, 4.69) is 0 Å². The summed E-state index contributed by atoms with van der Waals surface area (Å²) in [5, 5.41) is 0. The van der Waals surface area contributed by atoms with Crippen molar-refractivity contribution in [1.82, 2.24) is 0 Å². The van der Waals surface area contributed by atoms with Gasteiger partial charge in [-0.3, -0.25) is 0 Å². The minimum Gasteiger partial charge on any atom is -0.460 e. The Hall–Kier alpha value is -1.51. The normalized spacial score (nSPS) is 17.0. The molecule has 7 nitrogen and oxygen atoms in total. The molecule has 27 heavy (non-hydrogen) atoms. The van der Waals surface area contributed by atoms with Crippen LogP contribution in [0.5, 0.6) is 0 Å². The summed E-state index contributed by atoms with van der Waals surface area (Å²) >= 11 is 0. The van der Waals surface area contributed by atoms with Gasteiger partial charge in [-0.2, -0.15) is 0 Å². The fraction of sp³-hybridized carbons (Fsp3) is 0.650. The van der Waals surface area contributed by atoms with Crippen molar-refractivity contribution < 1.29 is 33.2 Å². The van der Waals surface area contributed by atoms with Crippen molar-refractivity contribution in [3.05, 3.63) is 35.9 Å². The van der Waals surface area contributed by atoms with Crippen molar-refractivity contribution in [2.45, 2.75) is 25.6 Å². The first-order chi connectivity index (χ1) is 13.4. The summed E-state index contributed by atoms with van der Waals surface area (Å²) in [4.78, 5) is 11.7. The molecule has 152 valence electrons. The number of hydrogen-bond acceptors (Lipinski definition) is 7. The van der Waals surface area contributed by atoms with Crippen LogP contribution in [0.1, 0.15) is 29.6 Å². The molecule has 7 heteroatoms. The average Bonchev–Trinajstić information content (AvgIpc) is 2.72. The standard InChI is InChI=1S/C20H30O7/c21-20(18-6-2-1-3-7-18)27-17-15-24-13-11-22-10-12-23-14-16-26-19-8-4-5-9-25-19/h1-3,6-7,19H,4-5,8-17H2. The van der Waals surface area contributed by atoms with E-state index in [4.69, 9.17) is 28.4 Å². The van der Waals surface area contributed by atoms with E-state index in [0.717, 1.165) is 25.9 Å². The van der Waals surface area contributed by atoms with Crippen LogP contribution in [0.4, 0.5) is 0 Å². The smallest absolute Gasteiger partial charge is 0.338 e. The SMILES string of the molecule is O=C(OCCOCCOCCOCCOC1CCCCO1)c1ccccc1. The second-order valence-electron chi connectivity index (χ2n) is 6.01. The van der Waals surface area contributed by atoms with E-state index < -0.39 is 0 Å². The number of benzene rings is 1. The highest BCUT2D eigenvalue weighted by Gasteiger charge is 2.13. The third-order valence-corrected chi connectivity index (χ3v) is 3.88. The van der Waals surface area contributed by atoms with Crippen LogP contribution in [0.3, 0.4) is 0 Å². The van der Waals surface area contributed by atoms with Crippen molar-refractivity contribution in [2.24, 2.45) is 0 Å². The first-order valence-electron chi connectivity index (χ1n) is 9.55.